The van der Waals surface area contributed by atoms with E-state index in [1.807, 2.05) is 6.92 Å². The first-order valence-electron chi connectivity index (χ1n) is 8.26. The first-order chi connectivity index (χ1) is 9.92. The van der Waals surface area contributed by atoms with Crippen LogP contribution in [0.1, 0.15) is 59.8 Å². The number of nitrogens with one attached hydrogen (secondary N) is 3. The first-order valence-corrected chi connectivity index (χ1v) is 8.26. The van der Waals surface area contributed by atoms with Crippen molar-refractivity contribution >= 4 is 35.8 Å². The lowest BCUT2D eigenvalue weighted by Crippen LogP contribution is -2.47. The van der Waals surface area contributed by atoms with E-state index in [9.17, 15) is 4.79 Å². The van der Waals surface area contributed by atoms with Crippen molar-refractivity contribution in [1.82, 2.24) is 16.0 Å². The highest BCUT2D eigenvalue weighted by Crippen LogP contribution is 2.23. The quantitative estimate of drug-likeness (QED) is 0.275. The van der Waals surface area contributed by atoms with Gasteiger partial charge in [-0.05, 0) is 40.5 Å². The van der Waals surface area contributed by atoms with Crippen LogP contribution in [-0.4, -0.2) is 37.0 Å². The van der Waals surface area contributed by atoms with Gasteiger partial charge in [0.1, 0.15) is 0 Å². The van der Waals surface area contributed by atoms with Gasteiger partial charge in [0.2, 0.25) is 5.91 Å². The molecule has 5 nitrogen and oxygen atoms in total. The number of nitrogens with zero attached hydrogens (tertiary/aromatic N) is 1. The number of carbonyl (C=O) groups is 1. The number of aliphatic imine (C=N–C) groups is 1. The topological polar surface area (TPSA) is 65.5 Å². The van der Waals surface area contributed by atoms with Crippen LogP contribution in [0.3, 0.4) is 0 Å². The molecule has 6 heteroatoms. The minimum atomic E-state index is -0.0215. The lowest BCUT2D eigenvalue weighted by atomic mass is 9.89. The van der Waals surface area contributed by atoms with Gasteiger partial charge in [-0.1, -0.05) is 19.3 Å². The zero-order valence-electron chi connectivity index (χ0n) is 14.5. The molecule has 0 heterocycles. The summed E-state index contributed by atoms with van der Waals surface area (Å²) in [6.45, 7) is 10.4. The van der Waals surface area contributed by atoms with Crippen molar-refractivity contribution in [3.63, 3.8) is 0 Å². The predicted octanol–water partition coefficient (Wildman–Crippen LogP) is 2.65. The van der Waals surface area contributed by atoms with Crippen LogP contribution in [0, 0.1) is 5.92 Å². The highest BCUT2D eigenvalue weighted by molar-refractivity contribution is 14.0. The Morgan fingerprint density at radius 2 is 1.77 bits per heavy atom. The Morgan fingerprint density at radius 3 is 2.32 bits per heavy atom. The van der Waals surface area contributed by atoms with Crippen LogP contribution in [0.5, 0.6) is 0 Å². The fourth-order valence-electron chi connectivity index (χ4n) is 2.52. The summed E-state index contributed by atoms with van der Waals surface area (Å²) in [4.78, 5) is 16.5. The van der Waals surface area contributed by atoms with Gasteiger partial charge in [0.25, 0.3) is 0 Å². The van der Waals surface area contributed by atoms with Crippen LogP contribution < -0.4 is 16.0 Å². The molecule has 1 saturated carbocycles. The number of halogens is 1. The van der Waals surface area contributed by atoms with Crippen molar-refractivity contribution in [3.05, 3.63) is 0 Å². The van der Waals surface area contributed by atoms with Gasteiger partial charge in [-0.25, -0.2) is 0 Å². The molecule has 22 heavy (non-hydrogen) atoms. The molecule has 3 N–H and O–H groups in total. The Hall–Kier alpha value is -0.530. The zero-order valence-corrected chi connectivity index (χ0v) is 16.8. The van der Waals surface area contributed by atoms with E-state index in [1.54, 1.807) is 0 Å². The van der Waals surface area contributed by atoms with E-state index in [0.717, 1.165) is 25.3 Å². The Morgan fingerprint density at radius 1 is 1.14 bits per heavy atom. The fraction of sp³-hybridized carbons (Fsp3) is 0.875. The van der Waals surface area contributed by atoms with Crippen LogP contribution in [0.4, 0.5) is 0 Å². The molecule has 0 aromatic heterocycles. The smallest absolute Gasteiger partial charge is 0.223 e. The summed E-state index contributed by atoms with van der Waals surface area (Å²) in [6, 6.07) is 0. The van der Waals surface area contributed by atoms with Gasteiger partial charge >= 0.3 is 0 Å². The number of rotatable bonds is 5. The SMILES string of the molecule is CCNC(=NCCNC(=O)C1CCCCC1)NC(C)(C)C.I. The summed E-state index contributed by atoms with van der Waals surface area (Å²) in [5, 5.41) is 9.56. The second-order valence-corrected chi connectivity index (χ2v) is 6.76. The fourth-order valence-corrected chi connectivity index (χ4v) is 2.52. The maximum atomic E-state index is 12.0. The van der Waals surface area contributed by atoms with Crippen LogP contribution in [0.2, 0.25) is 0 Å². The van der Waals surface area contributed by atoms with Crippen LogP contribution in [0.25, 0.3) is 0 Å². The third-order valence-corrected chi connectivity index (χ3v) is 3.49. The molecule has 0 aliphatic heterocycles. The maximum Gasteiger partial charge on any atom is 0.223 e. The highest BCUT2D eigenvalue weighted by atomic mass is 127. The van der Waals surface area contributed by atoms with E-state index in [1.165, 1.54) is 19.3 Å². The molecule has 0 radical (unpaired) electrons. The summed E-state index contributed by atoms with van der Waals surface area (Å²) >= 11 is 0. The molecule has 0 aromatic rings. The number of hydrogen-bond acceptors (Lipinski definition) is 2. The van der Waals surface area contributed by atoms with Crippen LogP contribution in [0.15, 0.2) is 4.99 Å². The lowest BCUT2D eigenvalue weighted by molar-refractivity contribution is -0.125. The molecular weight excluding hydrogens is 391 g/mol. The van der Waals surface area contributed by atoms with Crippen LogP contribution in [-0.2, 0) is 4.79 Å². The van der Waals surface area contributed by atoms with Gasteiger partial charge < -0.3 is 16.0 Å². The van der Waals surface area contributed by atoms with E-state index < -0.39 is 0 Å². The second-order valence-electron chi connectivity index (χ2n) is 6.76. The molecule has 0 bridgehead atoms. The molecule has 0 unspecified atom stereocenters. The number of hydrogen-bond donors (Lipinski definition) is 3. The first kappa shape index (κ1) is 21.5. The summed E-state index contributed by atoms with van der Waals surface area (Å²) in [7, 11) is 0. The van der Waals surface area contributed by atoms with Gasteiger partial charge in [0.05, 0.1) is 6.54 Å². The predicted molar refractivity (Wildman–Crippen MR) is 104 cm³/mol. The Bertz CT molecular complexity index is 347. The number of carbonyl (C=O) groups excluding carboxylic acids is 1. The highest BCUT2D eigenvalue weighted by Gasteiger charge is 2.20. The van der Waals surface area contributed by atoms with Crippen molar-refractivity contribution in [1.29, 1.82) is 0 Å². The van der Waals surface area contributed by atoms with Gasteiger partial charge in [0.15, 0.2) is 5.96 Å². The van der Waals surface area contributed by atoms with Crippen molar-refractivity contribution in [2.24, 2.45) is 10.9 Å². The lowest BCUT2D eigenvalue weighted by Gasteiger charge is -2.24. The molecule has 0 spiro atoms. The minimum absolute atomic E-state index is 0. The normalized spacial score (nSPS) is 16.6. The summed E-state index contributed by atoms with van der Waals surface area (Å²) in [6.07, 6.45) is 5.75. The van der Waals surface area contributed by atoms with Crippen molar-refractivity contribution in [3.8, 4) is 0 Å². The van der Waals surface area contributed by atoms with Gasteiger partial charge in [-0.3, -0.25) is 9.79 Å². The average molecular weight is 424 g/mol. The summed E-state index contributed by atoms with van der Waals surface area (Å²) < 4.78 is 0. The van der Waals surface area contributed by atoms with Gasteiger partial charge in [-0.2, -0.15) is 0 Å². The van der Waals surface area contributed by atoms with Crippen molar-refractivity contribution in [2.45, 2.75) is 65.3 Å². The van der Waals surface area contributed by atoms with E-state index in [2.05, 4.69) is 41.7 Å². The second kappa shape index (κ2) is 11.1. The molecule has 0 aromatic carbocycles. The molecule has 1 fully saturated rings. The largest absolute Gasteiger partial charge is 0.357 e. The Balaban J connectivity index is 0.00000441. The minimum Gasteiger partial charge on any atom is -0.357 e. The van der Waals surface area contributed by atoms with Gasteiger partial charge in [-0.15, -0.1) is 24.0 Å². The monoisotopic (exact) mass is 424 g/mol. The molecule has 130 valence electrons. The standard InChI is InChI=1S/C16H32N4O.HI/c1-5-17-15(20-16(2,3)4)19-12-11-18-14(21)13-9-7-6-8-10-13;/h13H,5-12H2,1-4H3,(H,18,21)(H2,17,19,20);1H. The molecule has 1 amide bonds. The van der Waals surface area contributed by atoms with Gasteiger partial charge in [0, 0.05) is 24.5 Å². The van der Waals surface area contributed by atoms with E-state index in [-0.39, 0.29) is 41.3 Å². The molecule has 0 saturated heterocycles. The molecule has 0 atom stereocenters. The maximum absolute atomic E-state index is 12.0. The third kappa shape index (κ3) is 9.48. The molecule has 1 aliphatic carbocycles. The number of amides is 1. The van der Waals surface area contributed by atoms with E-state index >= 15 is 0 Å². The van der Waals surface area contributed by atoms with E-state index in [4.69, 9.17) is 0 Å². The average Bonchev–Trinajstić information content (AvgIpc) is 2.43. The Labute approximate surface area is 152 Å². The summed E-state index contributed by atoms with van der Waals surface area (Å²) in [5.74, 6) is 1.24. The van der Waals surface area contributed by atoms with Crippen LogP contribution >= 0.6 is 24.0 Å². The van der Waals surface area contributed by atoms with E-state index in [0.29, 0.717) is 13.1 Å². The Kier molecular flexibility index (Phi) is 10.8. The van der Waals surface area contributed by atoms with Crippen molar-refractivity contribution in [2.75, 3.05) is 19.6 Å². The third-order valence-electron chi connectivity index (χ3n) is 3.49. The van der Waals surface area contributed by atoms with Crippen molar-refractivity contribution < 1.29 is 4.79 Å². The zero-order chi connectivity index (χ0) is 15.7. The molecule has 1 aliphatic rings. The summed E-state index contributed by atoms with van der Waals surface area (Å²) in [5.41, 5.74) is -0.0215. The molecular formula is C16H33IN4O. The molecule has 1 rings (SSSR count). The number of guanidine groups is 1.